The number of aromatic nitrogens is 3. The van der Waals surface area contributed by atoms with Crippen molar-refractivity contribution >= 4 is 5.91 Å². The Labute approximate surface area is 172 Å². The van der Waals surface area contributed by atoms with Gasteiger partial charge in [0.25, 0.3) is 5.56 Å². The summed E-state index contributed by atoms with van der Waals surface area (Å²) in [4.78, 5) is 30.2. The van der Waals surface area contributed by atoms with Crippen molar-refractivity contribution in [3.63, 3.8) is 0 Å². The van der Waals surface area contributed by atoms with Crippen molar-refractivity contribution in [3.8, 4) is 17.1 Å². The monoisotopic (exact) mass is 419 g/mol. The first kappa shape index (κ1) is 22.7. The van der Waals surface area contributed by atoms with E-state index < -0.39 is 18.1 Å². The second-order valence-corrected chi connectivity index (χ2v) is 6.49. The third-order valence-electron chi connectivity index (χ3n) is 4.03. The van der Waals surface area contributed by atoms with Gasteiger partial charge in [0.05, 0.1) is 11.7 Å². The SMILES string of the molecule is C=C/C=C(/C(C)NC(=O)Cn1nc(-c2ccc(OC(F)F)nc2)ccc1=O)N(C)C. The maximum atomic E-state index is 12.4. The number of alkyl halides is 2. The lowest BCUT2D eigenvalue weighted by Gasteiger charge is -2.24. The lowest BCUT2D eigenvalue weighted by Crippen LogP contribution is -2.41. The zero-order valence-corrected chi connectivity index (χ0v) is 16.9. The van der Waals surface area contributed by atoms with Crippen molar-refractivity contribution in [1.82, 2.24) is 25.0 Å². The molecule has 2 aromatic rings. The molecule has 2 heterocycles. The maximum Gasteiger partial charge on any atom is 0.388 e. The van der Waals surface area contributed by atoms with Gasteiger partial charge >= 0.3 is 6.61 Å². The fourth-order valence-electron chi connectivity index (χ4n) is 2.71. The maximum absolute atomic E-state index is 12.4. The third-order valence-corrected chi connectivity index (χ3v) is 4.03. The number of likely N-dealkylation sites (N-methyl/N-ethyl adjacent to an activating group) is 1. The van der Waals surface area contributed by atoms with E-state index in [4.69, 9.17) is 0 Å². The lowest BCUT2D eigenvalue weighted by molar-refractivity contribution is -0.122. The summed E-state index contributed by atoms with van der Waals surface area (Å²) in [6, 6.07) is 5.16. The van der Waals surface area contributed by atoms with E-state index in [0.29, 0.717) is 11.3 Å². The molecule has 1 atom stereocenters. The minimum Gasteiger partial charge on any atom is -0.417 e. The summed E-state index contributed by atoms with van der Waals surface area (Å²) in [6.45, 7) is 2.22. The van der Waals surface area contributed by atoms with Crippen LogP contribution in [0.4, 0.5) is 8.78 Å². The van der Waals surface area contributed by atoms with Gasteiger partial charge in [-0.25, -0.2) is 9.67 Å². The Morgan fingerprint density at radius 3 is 2.63 bits per heavy atom. The number of ether oxygens (including phenoxy) is 1. The minimum atomic E-state index is -2.97. The van der Waals surface area contributed by atoms with E-state index in [1.165, 1.54) is 30.5 Å². The van der Waals surface area contributed by atoms with E-state index >= 15 is 0 Å². The van der Waals surface area contributed by atoms with Crippen LogP contribution < -0.4 is 15.6 Å². The van der Waals surface area contributed by atoms with Gasteiger partial charge in [-0.15, -0.1) is 0 Å². The molecule has 0 saturated heterocycles. The van der Waals surface area contributed by atoms with Crippen LogP contribution >= 0.6 is 0 Å². The Bertz CT molecular complexity index is 971. The number of halogens is 2. The van der Waals surface area contributed by atoms with Crippen LogP contribution in [0.5, 0.6) is 5.88 Å². The highest BCUT2D eigenvalue weighted by atomic mass is 19.3. The number of rotatable bonds is 9. The predicted octanol–water partition coefficient (Wildman–Crippen LogP) is 2.04. The molecular formula is C20H23F2N5O3. The highest BCUT2D eigenvalue weighted by Gasteiger charge is 2.15. The first-order valence-corrected chi connectivity index (χ1v) is 9.00. The molecule has 0 fully saturated rings. The van der Waals surface area contributed by atoms with E-state index in [1.807, 2.05) is 25.9 Å². The van der Waals surface area contributed by atoms with Crippen LogP contribution in [-0.4, -0.2) is 52.3 Å². The molecule has 8 nitrogen and oxygen atoms in total. The number of carbonyl (C=O) groups is 1. The zero-order chi connectivity index (χ0) is 22.3. The molecule has 0 spiro atoms. The Balaban J connectivity index is 2.15. The van der Waals surface area contributed by atoms with Gasteiger partial charge in [0.15, 0.2) is 0 Å². The molecule has 0 aliphatic carbocycles. The summed E-state index contributed by atoms with van der Waals surface area (Å²) in [7, 11) is 3.69. The largest absolute Gasteiger partial charge is 0.417 e. The molecular weight excluding hydrogens is 396 g/mol. The van der Waals surface area contributed by atoms with Crippen LogP contribution in [0.3, 0.4) is 0 Å². The molecule has 0 aliphatic rings. The average Bonchev–Trinajstić information content (AvgIpc) is 2.67. The van der Waals surface area contributed by atoms with Crippen LogP contribution in [0.25, 0.3) is 11.3 Å². The Morgan fingerprint density at radius 1 is 1.33 bits per heavy atom. The van der Waals surface area contributed by atoms with Crippen LogP contribution in [0, 0.1) is 0 Å². The van der Waals surface area contributed by atoms with E-state index in [2.05, 4.69) is 26.7 Å². The number of nitrogens with zero attached hydrogens (tertiary/aromatic N) is 4. The summed E-state index contributed by atoms with van der Waals surface area (Å²) in [6.07, 6.45) is 4.70. The van der Waals surface area contributed by atoms with E-state index in [1.54, 1.807) is 12.2 Å². The van der Waals surface area contributed by atoms with Gasteiger partial charge in [0, 0.05) is 43.7 Å². The lowest BCUT2D eigenvalue weighted by atomic mass is 10.2. The smallest absolute Gasteiger partial charge is 0.388 e. The van der Waals surface area contributed by atoms with E-state index in [9.17, 15) is 18.4 Å². The number of allylic oxidation sites excluding steroid dienone is 2. The van der Waals surface area contributed by atoms with Gasteiger partial charge in [-0.1, -0.05) is 12.7 Å². The summed E-state index contributed by atoms with van der Waals surface area (Å²) in [5.41, 5.74) is 1.21. The second-order valence-electron chi connectivity index (χ2n) is 6.49. The molecule has 0 aliphatic heterocycles. The fraction of sp³-hybridized carbons (Fsp3) is 0.300. The van der Waals surface area contributed by atoms with Crippen LogP contribution in [0.15, 0.2) is 59.7 Å². The van der Waals surface area contributed by atoms with Crippen LogP contribution in [-0.2, 0) is 11.3 Å². The first-order valence-electron chi connectivity index (χ1n) is 9.00. The molecule has 1 amide bonds. The Morgan fingerprint density at radius 2 is 2.07 bits per heavy atom. The third kappa shape index (κ3) is 6.23. The highest BCUT2D eigenvalue weighted by molar-refractivity contribution is 5.76. The number of hydrogen-bond acceptors (Lipinski definition) is 6. The highest BCUT2D eigenvalue weighted by Crippen LogP contribution is 2.18. The molecule has 1 unspecified atom stereocenters. The fourth-order valence-corrected chi connectivity index (χ4v) is 2.71. The Kier molecular flexibility index (Phi) is 7.79. The van der Waals surface area contributed by atoms with Crippen molar-refractivity contribution in [2.24, 2.45) is 0 Å². The molecule has 0 aromatic carbocycles. The summed E-state index contributed by atoms with van der Waals surface area (Å²) < 4.78 is 29.7. The standard InChI is InChI=1S/C20H23F2N5O3/c1-5-6-16(26(3)4)13(2)24-17(28)12-27-19(29)10-8-15(25-27)14-7-9-18(23-11-14)30-20(21)22/h5-11,13,20H,1,12H2,2-4H3,(H,24,28)/b16-6-. The van der Waals surface area contributed by atoms with Gasteiger partial charge in [0.1, 0.15) is 6.54 Å². The number of hydrogen-bond donors (Lipinski definition) is 1. The molecule has 0 bridgehead atoms. The molecule has 30 heavy (non-hydrogen) atoms. The molecule has 2 aromatic heterocycles. The molecule has 160 valence electrons. The Hall–Kier alpha value is -3.56. The van der Waals surface area contributed by atoms with Gasteiger partial charge in [-0.05, 0) is 25.1 Å². The van der Waals surface area contributed by atoms with Gasteiger partial charge in [-0.3, -0.25) is 9.59 Å². The molecule has 10 heteroatoms. The topological polar surface area (TPSA) is 89.4 Å². The van der Waals surface area contributed by atoms with Gasteiger partial charge < -0.3 is 15.0 Å². The predicted molar refractivity (Wildman–Crippen MR) is 108 cm³/mol. The molecule has 0 radical (unpaired) electrons. The summed E-state index contributed by atoms with van der Waals surface area (Å²) in [5.74, 6) is -0.635. The van der Waals surface area contributed by atoms with Crippen molar-refractivity contribution < 1.29 is 18.3 Å². The van der Waals surface area contributed by atoms with Crippen molar-refractivity contribution in [1.29, 1.82) is 0 Å². The zero-order valence-electron chi connectivity index (χ0n) is 16.9. The molecule has 2 rings (SSSR count). The van der Waals surface area contributed by atoms with Gasteiger partial charge in [-0.2, -0.15) is 13.9 Å². The number of amides is 1. The number of carbonyl (C=O) groups excluding carboxylic acids is 1. The summed E-state index contributed by atoms with van der Waals surface area (Å²) >= 11 is 0. The number of pyridine rings is 1. The minimum absolute atomic E-state index is 0.236. The van der Waals surface area contributed by atoms with E-state index in [0.717, 1.165) is 10.4 Å². The normalized spacial score (nSPS) is 12.4. The van der Waals surface area contributed by atoms with Crippen LogP contribution in [0.1, 0.15) is 6.92 Å². The van der Waals surface area contributed by atoms with Gasteiger partial charge in [0.2, 0.25) is 11.8 Å². The van der Waals surface area contributed by atoms with Crippen LogP contribution in [0.2, 0.25) is 0 Å². The van der Waals surface area contributed by atoms with E-state index in [-0.39, 0.29) is 18.5 Å². The second kappa shape index (κ2) is 10.3. The number of nitrogens with one attached hydrogen (secondary N) is 1. The average molecular weight is 419 g/mol. The van der Waals surface area contributed by atoms with Crippen molar-refractivity contribution in [2.75, 3.05) is 14.1 Å². The first-order chi connectivity index (χ1) is 14.2. The quantitative estimate of drug-likeness (QED) is 0.626. The molecule has 1 N–H and O–H groups in total. The van der Waals surface area contributed by atoms with Crippen molar-refractivity contribution in [2.45, 2.75) is 26.1 Å². The molecule has 0 saturated carbocycles. The summed E-state index contributed by atoms with van der Waals surface area (Å²) in [5, 5.41) is 6.98. The van der Waals surface area contributed by atoms with Crippen molar-refractivity contribution in [3.05, 3.63) is 65.2 Å².